The highest BCUT2D eigenvalue weighted by Crippen LogP contribution is 2.33. The molecule has 0 unspecified atom stereocenters. The minimum Gasteiger partial charge on any atom is -0.478 e. The van der Waals surface area contributed by atoms with Crippen molar-refractivity contribution in [1.82, 2.24) is 19.6 Å². The fourth-order valence-electron chi connectivity index (χ4n) is 3.54. The normalized spacial score (nSPS) is 15.3. The van der Waals surface area contributed by atoms with Crippen LogP contribution >= 0.6 is 0 Å². The molecule has 0 amide bonds. The Morgan fingerprint density at radius 1 is 1.21 bits per heavy atom. The molecule has 7 heteroatoms. The van der Waals surface area contributed by atoms with Crippen molar-refractivity contribution >= 4 is 28.3 Å². The number of anilines is 1. The fraction of sp³-hybridized carbons (Fsp3) is 0.412. The fourth-order valence-corrected chi connectivity index (χ4v) is 3.54. The van der Waals surface area contributed by atoms with Gasteiger partial charge in [0.25, 0.3) is 0 Å². The minimum atomic E-state index is -0.957. The van der Waals surface area contributed by atoms with Gasteiger partial charge < -0.3 is 10.0 Å². The van der Waals surface area contributed by atoms with E-state index in [0.29, 0.717) is 5.65 Å². The van der Waals surface area contributed by atoms with Crippen molar-refractivity contribution in [2.24, 2.45) is 0 Å². The quantitative estimate of drug-likeness (QED) is 0.779. The third-order valence-corrected chi connectivity index (χ3v) is 4.59. The standard InChI is InChI=1S/C17H19N5O2/c1-10-8-13-19-11(2)14-15(21-6-4-3-5-7-21)12(17(23)24)9-18-16(14)22(13)20-10/h8-9H,3-7H2,1-2H3,(H,23,24). The van der Waals surface area contributed by atoms with Gasteiger partial charge in [-0.05, 0) is 33.1 Å². The van der Waals surface area contributed by atoms with Crippen LogP contribution in [0, 0.1) is 13.8 Å². The summed E-state index contributed by atoms with van der Waals surface area (Å²) in [5.74, 6) is -0.957. The third kappa shape index (κ3) is 2.19. The van der Waals surface area contributed by atoms with E-state index >= 15 is 0 Å². The molecule has 24 heavy (non-hydrogen) atoms. The summed E-state index contributed by atoms with van der Waals surface area (Å²) in [6.45, 7) is 5.53. The topological polar surface area (TPSA) is 83.6 Å². The van der Waals surface area contributed by atoms with Crippen molar-refractivity contribution < 1.29 is 9.90 Å². The zero-order valence-corrected chi connectivity index (χ0v) is 13.8. The van der Waals surface area contributed by atoms with Gasteiger partial charge >= 0.3 is 5.97 Å². The summed E-state index contributed by atoms with van der Waals surface area (Å²) in [7, 11) is 0. The van der Waals surface area contributed by atoms with Crippen LogP contribution in [0.5, 0.6) is 0 Å². The first kappa shape index (κ1) is 14.9. The number of carboxylic acids is 1. The maximum absolute atomic E-state index is 11.8. The molecule has 1 aliphatic heterocycles. The zero-order valence-electron chi connectivity index (χ0n) is 13.8. The molecule has 1 aliphatic rings. The number of aromatic nitrogens is 4. The molecule has 0 aliphatic carbocycles. The molecule has 0 aromatic carbocycles. The molecule has 0 saturated carbocycles. The van der Waals surface area contributed by atoms with Crippen LogP contribution in [-0.4, -0.2) is 43.7 Å². The molecule has 1 saturated heterocycles. The van der Waals surface area contributed by atoms with Crippen LogP contribution in [-0.2, 0) is 0 Å². The van der Waals surface area contributed by atoms with Gasteiger partial charge in [0.1, 0.15) is 5.56 Å². The number of pyridine rings is 1. The molecular formula is C17H19N5O2. The van der Waals surface area contributed by atoms with Crippen molar-refractivity contribution in [3.8, 4) is 0 Å². The Morgan fingerprint density at radius 2 is 1.96 bits per heavy atom. The van der Waals surface area contributed by atoms with E-state index in [-0.39, 0.29) is 5.56 Å². The molecule has 0 bridgehead atoms. The predicted octanol–water partition coefficient (Wildman–Crippen LogP) is 2.58. The smallest absolute Gasteiger partial charge is 0.339 e. The Bertz CT molecular complexity index is 957. The summed E-state index contributed by atoms with van der Waals surface area (Å²) in [4.78, 5) is 23.0. The first-order valence-electron chi connectivity index (χ1n) is 8.20. The van der Waals surface area contributed by atoms with Gasteiger partial charge in [-0.2, -0.15) is 9.61 Å². The molecule has 3 aromatic heterocycles. The molecule has 7 nitrogen and oxygen atoms in total. The van der Waals surface area contributed by atoms with Gasteiger partial charge in [0.15, 0.2) is 11.3 Å². The number of hydrogen-bond acceptors (Lipinski definition) is 5. The first-order valence-corrected chi connectivity index (χ1v) is 8.20. The van der Waals surface area contributed by atoms with Crippen LogP contribution in [0.15, 0.2) is 12.3 Å². The lowest BCUT2D eigenvalue weighted by molar-refractivity contribution is 0.0697. The SMILES string of the molecule is Cc1cc2nc(C)c3c(N4CCCCC4)c(C(=O)O)cnc3n2n1. The number of carboxylic acid groups (broad SMARTS) is 1. The third-order valence-electron chi connectivity index (χ3n) is 4.59. The summed E-state index contributed by atoms with van der Waals surface area (Å²) >= 11 is 0. The first-order chi connectivity index (χ1) is 11.6. The molecule has 4 heterocycles. The molecule has 4 rings (SSSR count). The van der Waals surface area contributed by atoms with Crippen LogP contribution in [0.2, 0.25) is 0 Å². The molecule has 0 atom stereocenters. The van der Waals surface area contributed by atoms with E-state index in [0.717, 1.165) is 54.0 Å². The second-order valence-corrected chi connectivity index (χ2v) is 6.32. The monoisotopic (exact) mass is 325 g/mol. The second kappa shape index (κ2) is 5.43. The van der Waals surface area contributed by atoms with E-state index in [9.17, 15) is 9.90 Å². The van der Waals surface area contributed by atoms with Gasteiger partial charge in [0.05, 0.1) is 22.5 Å². The molecule has 0 radical (unpaired) electrons. The molecule has 0 spiro atoms. The molecule has 1 N–H and O–H groups in total. The Morgan fingerprint density at radius 3 is 2.67 bits per heavy atom. The van der Waals surface area contributed by atoms with Crippen molar-refractivity contribution in [3.05, 3.63) is 29.2 Å². The van der Waals surface area contributed by atoms with Gasteiger partial charge in [-0.1, -0.05) is 0 Å². The summed E-state index contributed by atoms with van der Waals surface area (Å²) in [5, 5.41) is 14.9. The molecule has 124 valence electrons. The van der Waals surface area contributed by atoms with Crippen molar-refractivity contribution in [2.45, 2.75) is 33.1 Å². The zero-order chi connectivity index (χ0) is 16.8. The van der Waals surface area contributed by atoms with E-state index < -0.39 is 5.97 Å². The van der Waals surface area contributed by atoms with Crippen LogP contribution in [0.25, 0.3) is 16.7 Å². The van der Waals surface area contributed by atoms with E-state index in [1.807, 2.05) is 19.9 Å². The van der Waals surface area contributed by atoms with E-state index in [4.69, 9.17) is 0 Å². The van der Waals surface area contributed by atoms with E-state index in [2.05, 4.69) is 20.0 Å². The number of nitrogens with zero attached hydrogens (tertiary/aromatic N) is 5. The largest absolute Gasteiger partial charge is 0.478 e. The highest BCUT2D eigenvalue weighted by atomic mass is 16.4. The van der Waals surface area contributed by atoms with Gasteiger partial charge in [-0.25, -0.2) is 14.8 Å². The Balaban J connectivity index is 2.10. The summed E-state index contributed by atoms with van der Waals surface area (Å²) in [6, 6.07) is 1.90. The number of aromatic carboxylic acids is 1. The Kier molecular flexibility index (Phi) is 3.37. The van der Waals surface area contributed by atoms with Crippen LogP contribution in [0.4, 0.5) is 5.69 Å². The summed E-state index contributed by atoms with van der Waals surface area (Å²) < 4.78 is 1.71. The Hall–Kier alpha value is -2.70. The van der Waals surface area contributed by atoms with Crippen LogP contribution in [0.1, 0.15) is 41.0 Å². The number of aryl methyl sites for hydroxylation is 2. The van der Waals surface area contributed by atoms with Crippen molar-refractivity contribution in [3.63, 3.8) is 0 Å². The van der Waals surface area contributed by atoms with Crippen LogP contribution < -0.4 is 4.90 Å². The van der Waals surface area contributed by atoms with Gasteiger partial charge in [-0.3, -0.25) is 0 Å². The van der Waals surface area contributed by atoms with Crippen molar-refractivity contribution in [1.29, 1.82) is 0 Å². The predicted molar refractivity (Wildman–Crippen MR) is 90.8 cm³/mol. The highest BCUT2D eigenvalue weighted by Gasteiger charge is 2.24. The lowest BCUT2D eigenvalue weighted by Crippen LogP contribution is -2.31. The molecule has 3 aromatic rings. The van der Waals surface area contributed by atoms with Gasteiger partial charge in [0.2, 0.25) is 0 Å². The van der Waals surface area contributed by atoms with E-state index in [1.54, 1.807) is 4.52 Å². The Labute approximate surface area is 138 Å². The minimum absolute atomic E-state index is 0.234. The number of rotatable bonds is 2. The lowest BCUT2D eigenvalue weighted by Gasteiger charge is -2.31. The average molecular weight is 325 g/mol. The summed E-state index contributed by atoms with van der Waals surface area (Å²) in [5.41, 5.74) is 4.00. The molecular weight excluding hydrogens is 306 g/mol. The maximum Gasteiger partial charge on any atom is 0.339 e. The number of piperidine rings is 1. The number of hydrogen-bond donors (Lipinski definition) is 1. The van der Waals surface area contributed by atoms with E-state index in [1.165, 1.54) is 12.6 Å². The van der Waals surface area contributed by atoms with Crippen LogP contribution in [0.3, 0.4) is 0 Å². The lowest BCUT2D eigenvalue weighted by atomic mass is 10.0. The highest BCUT2D eigenvalue weighted by molar-refractivity contribution is 6.05. The second-order valence-electron chi connectivity index (χ2n) is 6.32. The maximum atomic E-state index is 11.8. The molecule has 1 fully saturated rings. The van der Waals surface area contributed by atoms with Crippen molar-refractivity contribution in [2.75, 3.05) is 18.0 Å². The number of fused-ring (bicyclic) bond motifs is 3. The van der Waals surface area contributed by atoms with Gasteiger partial charge in [0, 0.05) is 25.4 Å². The summed E-state index contributed by atoms with van der Waals surface area (Å²) in [6.07, 6.45) is 4.77. The van der Waals surface area contributed by atoms with Gasteiger partial charge in [-0.15, -0.1) is 0 Å². The average Bonchev–Trinajstić information content (AvgIpc) is 2.94. The number of carbonyl (C=O) groups is 1.